The predicted molar refractivity (Wildman–Crippen MR) is 65.5 cm³/mol. The molecule has 0 radical (unpaired) electrons. The van der Waals surface area contributed by atoms with E-state index in [2.05, 4.69) is 20.5 Å². The molecule has 0 aliphatic heterocycles. The van der Waals surface area contributed by atoms with Crippen molar-refractivity contribution in [1.82, 2.24) is 25.1 Å². The van der Waals surface area contributed by atoms with E-state index in [1.54, 1.807) is 29.3 Å². The summed E-state index contributed by atoms with van der Waals surface area (Å²) in [5.41, 5.74) is 0.834. The molecule has 0 N–H and O–H groups in total. The van der Waals surface area contributed by atoms with Gasteiger partial charge in [-0.15, -0.1) is 16.7 Å². The van der Waals surface area contributed by atoms with E-state index in [0.717, 1.165) is 5.69 Å². The van der Waals surface area contributed by atoms with Crippen LogP contribution < -0.4 is 0 Å². The van der Waals surface area contributed by atoms with Gasteiger partial charge in [-0.25, -0.2) is 4.68 Å². The normalized spacial score (nSPS) is 11.0. The molecule has 0 amide bonds. The smallest absolute Gasteiger partial charge is 0.248 e. The average Bonchev–Trinajstić information content (AvgIpc) is 3.10. The molecule has 0 aliphatic rings. The Hall–Kier alpha value is -2.15. The third kappa shape index (κ3) is 2.65. The molecule has 0 atom stereocenters. The van der Waals surface area contributed by atoms with Crippen molar-refractivity contribution in [1.29, 1.82) is 0 Å². The Morgan fingerprint density at radius 2 is 2.32 bits per heavy atom. The Balaban J connectivity index is 1.72. The summed E-state index contributed by atoms with van der Waals surface area (Å²) in [6, 6.07) is 3.53. The highest BCUT2D eigenvalue weighted by Gasteiger charge is 2.11. The fourth-order valence-corrected chi connectivity index (χ4v) is 1.78. The van der Waals surface area contributed by atoms with Crippen molar-refractivity contribution >= 4 is 11.6 Å². The molecule has 0 saturated heterocycles. The third-order valence-electron chi connectivity index (χ3n) is 2.44. The molecule has 7 nitrogen and oxygen atoms in total. The summed E-state index contributed by atoms with van der Waals surface area (Å²) in [7, 11) is 0. The molecule has 0 aromatic carbocycles. The van der Waals surface area contributed by atoms with Gasteiger partial charge < -0.3 is 8.94 Å². The number of aromatic nitrogens is 5. The zero-order chi connectivity index (χ0) is 13.1. The van der Waals surface area contributed by atoms with Crippen molar-refractivity contribution in [2.45, 2.75) is 13.0 Å². The molecule has 0 fully saturated rings. The first kappa shape index (κ1) is 11.9. The minimum Gasteiger partial charge on any atom is -0.461 e. The second kappa shape index (κ2) is 5.23. The molecule has 0 saturated carbocycles. The SMILES string of the molecule is ClCCc1cn(Cc2nc(-c3ccco3)no2)nn1. The molecule has 0 spiro atoms. The lowest BCUT2D eigenvalue weighted by Crippen LogP contribution is -2.00. The maximum Gasteiger partial charge on any atom is 0.248 e. The van der Waals surface area contributed by atoms with Gasteiger partial charge in [0.25, 0.3) is 0 Å². The maximum atomic E-state index is 5.64. The van der Waals surface area contributed by atoms with Gasteiger partial charge in [-0.2, -0.15) is 4.98 Å². The van der Waals surface area contributed by atoms with E-state index < -0.39 is 0 Å². The first-order chi connectivity index (χ1) is 9.35. The van der Waals surface area contributed by atoms with Gasteiger partial charge >= 0.3 is 0 Å². The third-order valence-corrected chi connectivity index (χ3v) is 2.63. The fraction of sp³-hybridized carbons (Fsp3) is 0.273. The van der Waals surface area contributed by atoms with Crippen LogP contribution in [0, 0.1) is 0 Å². The molecular weight excluding hydrogens is 270 g/mol. The summed E-state index contributed by atoms with van der Waals surface area (Å²) < 4.78 is 11.9. The van der Waals surface area contributed by atoms with Crippen LogP contribution in [-0.2, 0) is 13.0 Å². The number of nitrogens with zero attached hydrogens (tertiary/aromatic N) is 5. The van der Waals surface area contributed by atoms with E-state index >= 15 is 0 Å². The Morgan fingerprint density at radius 3 is 3.11 bits per heavy atom. The van der Waals surface area contributed by atoms with Gasteiger partial charge in [0.2, 0.25) is 11.7 Å². The molecule has 3 rings (SSSR count). The van der Waals surface area contributed by atoms with Crippen LogP contribution >= 0.6 is 11.6 Å². The molecule has 0 bridgehead atoms. The molecule has 3 heterocycles. The zero-order valence-electron chi connectivity index (χ0n) is 9.86. The molecule has 0 aliphatic carbocycles. The number of rotatable bonds is 5. The number of halogens is 1. The number of alkyl halides is 1. The van der Waals surface area contributed by atoms with Crippen LogP contribution in [0.5, 0.6) is 0 Å². The van der Waals surface area contributed by atoms with Crippen LogP contribution in [0.25, 0.3) is 11.6 Å². The van der Waals surface area contributed by atoms with E-state index in [1.807, 2.05) is 0 Å². The summed E-state index contributed by atoms with van der Waals surface area (Å²) in [6.45, 7) is 0.364. The van der Waals surface area contributed by atoms with Gasteiger partial charge in [-0.3, -0.25) is 0 Å². The van der Waals surface area contributed by atoms with Crippen molar-refractivity contribution in [2.75, 3.05) is 5.88 Å². The van der Waals surface area contributed by atoms with E-state index in [4.69, 9.17) is 20.5 Å². The largest absolute Gasteiger partial charge is 0.461 e. The zero-order valence-corrected chi connectivity index (χ0v) is 10.6. The minimum absolute atomic E-state index is 0.364. The lowest BCUT2D eigenvalue weighted by molar-refractivity contribution is 0.363. The molecular formula is C11H10ClN5O2. The van der Waals surface area contributed by atoms with Gasteiger partial charge in [-0.05, 0) is 12.1 Å². The molecule has 98 valence electrons. The van der Waals surface area contributed by atoms with Crippen LogP contribution in [0.4, 0.5) is 0 Å². The lowest BCUT2D eigenvalue weighted by atomic mass is 10.4. The highest BCUT2D eigenvalue weighted by atomic mass is 35.5. The molecule has 19 heavy (non-hydrogen) atoms. The van der Waals surface area contributed by atoms with E-state index in [0.29, 0.717) is 36.3 Å². The van der Waals surface area contributed by atoms with Crippen LogP contribution in [0.2, 0.25) is 0 Å². The van der Waals surface area contributed by atoms with Gasteiger partial charge in [0.05, 0.1) is 12.0 Å². The van der Waals surface area contributed by atoms with E-state index in [9.17, 15) is 0 Å². The quantitative estimate of drug-likeness (QED) is 0.662. The number of aryl methyl sites for hydroxylation is 1. The topological polar surface area (TPSA) is 82.8 Å². The first-order valence-electron chi connectivity index (χ1n) is 5.66. The lowest BCUT2D eigenvalue weighted by Gasteiger charge is -1.92. The predicted octanol–water partition coefficient (Wildman–Crippen LogP) is 1.75. The fourth-order valence-electron chi connectivity index (χ4n) is 1.59. The highest BCUT2D eigenvalue weighted by Crippen LogP contribution is 2.15. The van der Waals surface area contributed by atoms with Gasteiger partial charge in [0.15, 0.2) is 5.76 Å². The van der Waals surface area contributed by atoms with Crippen molar-refractivity contribution < 1.29 is 8.94 Å². The number of furan rings is 1. The Kier molecular flexibility index (Phi) is 3.28. The maximum absolute atomic E-state index is 5.64. The van der Waals surface area contributed by atoms with E-state index in [-0.39, 0.29) is 0 Å². The number of hydrogen-bond donors (Lipinski definition) is 0. The standard InChI is InChI=1S/C11H10ClN5O2/c12-4-3-8-6-17(16-14-8)7-10-13-11(15-19-10)9-2-1-5-18-9/h1-2,5-6H,3-4,7H2. The summed E-state index contributed by atoms with van der Waals surface area (Å²) in [5.74, 6) is 1.94. The first-order valence-corrected chi connectivity index (χ1v) is 6.20. The van der Waals surface area contributed by atoms with E-state index in [1.165, 1.54) is 0 Å². The summed E-state index contributed by atoms with van der Waals surface area (Å²) in [6.07, 6.45) is 4.05. The second-order valence-corrected chi connectivity index (χ2v) is 4.21. The molecule has 3 aromatic heterocycles. The van der Waals surface area contributed by atoms with Crippen LogP contribution in [-0.4, -0.2) is 31.0 Å². The van der Waals surface area contributed by atoms with Gasteiger partial charge in [0, 0.05) is 18.5 Å². The van der Waals surface area contributed by atoms with Gasteiger partial charge in [-0.1, -0.05) is 10.4 Å². The summed E-state index contributed by atoms with van der Waals surface area (Å²) in [4.78, 5) is 4.22. The summed E-state index contributed by atoms with van der Waals surface area (Å²) in [5, 5.41) is 11.8. The minimum atomic E-state index is 0.364. The summed E-state index contributed by atoms with van der Waals surface area (Å²) >= 11 is 5.64. The Bertz CT molecular complexity index is 646. The van der Waals surface area contributed by atoms with Gasteiger partial charge in [0.1, 0.15) is 6.54 Å². The van der Waals surface area contributed by atoms with Crippen molar-refractivity contribution in [3.63, 3.8) is 0 Å². The van der Waals surface area contributed by atoms with Crippen molar-refractivity contribution in [2.24, 2.45) is 0 Å². The van der Waals surface area contributed by atoms with Crippen LogP contribution in [0.1, 0.15) is 11.6 Å². The molecule has 3 aromatic rings. The molecule has 8 heteroatoms. The molecule has 0 unspecified atom stereocenters. The van der Waals surface area contributed by atoms with Crippen molar-refractivity contribution in [3.05, 3.63) is 36.2 Å². The van der Waals surface area contributed by atoms with Crippen molar-refractivity contribution in [3.8, 4) is 11.6 Å². The monoisotopic (exact) mass is 279 g/mol. The highest BCUT2D eigenvalue weighted by molar-refractivity contribution is 6.17. The second-order valence-electron chi connectivity index (χ2n) is 3.84. The van der Waals surface area contributed by atoms with Crippen LogP contribution in [0.15, 0.2) is 33.5 Å². The Morgan fingerprint density at radius 1 is 1.37 bits per heavy atom. The van der Waals surface area contributed by atoms with Crippen LogP contribution in [0.3, 0.4) is 0 Å². The Labute approximate surface area is 113 Å². The number of hydrogen-bond acceptors (Lipinski definition) is 6. The average molecular weight is 280 g/mol.